The smallest absolute Gasteiger partial charge is 0.357 e. The lowest BCUT2D eigenvalue weighted by Gasteiger charge is -2.23. The maximum atomic E-state index is 13.9. The van der Waals surface area contributed by atoms with Crippen molar-refractivity contribution in [2.75, 3.05) is 33.7 Å². The molecule has 0 aliphatic carbocycles. The van der Waals surface area contributed by atoms with Gasteiger partial charge in [-0.25, -0.2) is 9.59 Å². The molecule has 0 saturated carbocycles. The Kier molecular flexibility index (Phi) is 7.58. The molecular weight excluding hydrogens is 496 g/mol. The summed E-state index contributed by atoms with van der Waals surface area (Å²) in [4.78, 5) is 40.1. The molecule has 1 aliphatic rings. The second-order valence-electron chi connectivity index (χ2n) is 7.93. The molecule has 0 bridgehead atoms. The van der Waals surface area contributed by atoms with Gasteiger partial charge < -0.3 is 24.7 Å². The summed E-state index contributed by atoms with van der Waals surface area (Å²) >= 11 is 1.05. The zero-order chi connectivity index (χ0) is 26.7. The molecule has 3 aromatic rings. The summed E-state index contributed by atoms with van der Waals surface area (Å²) in [6, 6.07) is 14.0. The number of esters is 2. The van der Waals surface area contributed by atoms with Crippen LogP contribution in [-0.2, 0) is 14.3 Å². The Bertz CT molecular complexity index is 1470. The molecular formula is C27H26N2O7S. The van der Waals surface area contributed by atoms with Crippen LogP contribution in [0.5, 0.6) is 11.5 Å². The first-order valence-electron chi connectivity index (χ1n) is 11.3. The number of rotatable bonds is 7. The van der Waals surface area contributed by atoms with E-state index in [9.17, 15) is 14.4 Å². The van der Waals surface area contributed by atoms with Crippen LogP contribution in [0.25, 0.3) is 11.0 Å². The van der Waals surface area contributed by atoms with Gasteiger partial charge in [0.25, 0.3) is 0 Å². The van der Waals surface area contributed by atoms with Crippen LogP contribution in [0.1, 0.15) is 38.6 Å². The fourth-order valence-corrected chi connectivity index (χ4v) is 5.24. The number of benzene rings is 2. The minimum atomic E-state index is -0.846. The highest BCUT2D eigenvalue weighted by Gasteiger charge is 2.38. The predicted molar refractivity (Wildman–Crippen MR) is 140 cm³/mol. The second-order valence-corrected chi connectivity index (χ2v) is 9.04. The molecule has 0 fully saturated rings. The summed E-state index contributed by atoms with van der Waals surface area (Å²) in [5.74, 6) is -0.599. The van der Waals surface area contributed by atoms with Crippen LogP contribution in [-0.4, -0.2) is 50.3 Å². The van der Waals surface area contributed by atoms with Crippen LogP contribution < -0.4 is 25.8 Å². The molecule has 1 atom stereocenters. The molecule has 1 aromatic heterocycles. The lowest BCUT2D eigenvalue weighted by atomic mass is 10.1. The molecule has 0 amide bonds. The summed E-state index contributed by atoms with van der Waals surface area (Å²) in [6.45, 7) is 1.82. The molecule has 192 valence electrons. The lowest BCUT2D eigenvalue weighted by Crippen LogP contribution is -2.42. The van der Waals surface area contributed by atoms with Gasteiger partial charge in [0.2, 0.25) is 5.91 Å². The van der Waals surface area contributed by atoms with Gasteiger partial charge in [0.1, 0.15) is 21.7 Å². The average molecular weight is 523 g/mol. The number of ether oxygens (including phenoxy) is 4. The summed E-state index contributed by atoms with van der Waals surface area (Å²) < 4.78 is 21.9. The molecule has 0 unspecified atom stereocenters. The Hall–Kier alpha value is -4.18. The van der Waals surface area contributed by atoms with E-state index in [2.05, 4.69) is 0 Å². The quantitative estimate of drug-likeness (QED) is 0.467. The van der Waals surface area contributed by atoms with Crippen LogP contribution in [0.4, 0.5) is 5.69 Å². The minimum Gasteiger partial charge on any atom is -0.497 e. The number of methoxy groups -OCH3 is 3. The SMILES string of the molecule is CCOC(=O)C1=c2/c(=C/c3ccc(OC)cc3)c(N)c(C(=O)OC)n2C(=O)[C@@H](c2ccc(OC)cc2)S1. The number of carbonyl (C=O) groups is 3. The number of fused-ring (bicyclic) bond motifs is 1. The Morgan fingerprint density at radius 1 is 0.973 bits per heavy atom. The van der Waals surface area contributed by atoms with Crippen molar-refractivity contribution in [2.45, 2.75) is 12.2 Å². The number of hydrogen-bond donors (Lipinski definition) is 1. The monoisotopic (exact) mass is 522 g/mol. The number of nitrogens with two attached hydrogens (primary N) is 1. The molecule has 2 heterocycles. The number of nitrogen functional groups attached to an aromatic ring is 1. The third-order valence-corrected chi connectivity index (χ3v) is 7.13. The van der Waals surface area contributed by atoms with E-state index in [-0.39, 0.29) is 28.2 Å². The molecule has 2 N–H and O–H groups in total. The first kappa shape index (κ1) is 25.9. The zero-order valence-corrected chi connectivity index (χ0v) is 21.6. The Morgan fingerprint density at radius 3 is 2.11 bits per heavy atom. The van der Waals surface area contributed by atoms with E-state index in [1.54, 1.807) is 75.8 Å². The largest absolute Gasteiger partial charge is 0.497 e. The van der Waals surface area contributed by atoms with Crippen molar-refractivity contribution in [1.82, 2.24) is 4.57 Å². The van der Waals surface area contributed by atoms with Gasteiger partial charge in [-0.3, -0.25) is 9.36 Å². The van der Waals surface area contributed by atoms with Crippen LogP contribution in [0.2, 0.25) is 0 Å². The van der Waals surface area contributed by atoms with E-state index in [1.165, 1.54) is 11.7 Å². The highest BCUT2D eigenvalue weighted by molar-refractivity contribution is 8.10. The number of aromatic nitrogens is 1. The highest BCUT2D eigenvalue weighted by Crippen LogP contribution is 2.40. The third-order valence-electron chi connectivity index (χ3n) is 5.83. The normalized spacial score (nSPS) is 15.2. The number of thioether (sulfide) groups is 1. The van der Waals surface area contributed by atoms with Gasteiger partial charge in [-0.05, 0) is 48.4 Å². The molecule has 0 saturated heterocycles. The van der Waals surface area contributed by atoms with E-state index in [0.717, 1.165) is 17.3 Å². The molecule has 10 heteroatoms. The van der Waals surface area contributed by atoms with Crippen LogP contribution in [0, 0.1) is 0 Å². The van der Waals surface area contributed by atoms with Gasteiger partial charge in [0.15, 0.2) is 5.69 Å². The fraction of sp³-hybridized carbons (Fsp3) is 0.222. The Morgan fingerprint density at radius 2 is 1.57 bits per heavy atom. The van der Waals surface area contributed by atoms with Gasteiger partial charge >= 0.3 is 11.9 Å². The standard InChI is InChI=1S/C27H26N2O7S/c1-5-36-27(32)24-21-19(14-15-6-10-17(33-2)11-7-15)20(28)22(26(31)35-4)29(21)25(30)23(37-24)16-8-12-18(34-3)13-9-16/h6-14,23H,5,28H2,1-4H3/b19-14+/t23-/m1/s1. The second kappa shape index (κ2) is 10.8. The molecule has 4 rings (SSSR count). The first-order valence-corrected chi connectivity index (χ1v) is 12.2. The maximum absolute atomic E-state index is 13.9. The van der Waals surface area contributed by atoms with Crippen LogP contribution in [0.15, 0.2) is 48.5 Å². The Balaban J connectivity index is 2.04. The number of anilines is 1. The summed E-state index contributed by atoms with van der Waals surface area (Å²) in [5, 5.41) is -0.323. The fourth-order valence-electron chi connectivity index (χ4n) is 4.03. The van der Waals surface area contributed by atoms with E-state index < -0.39 is 23.1 Å². The van der Waals surface area contributed by atoms with Crippen molar-refractivity contribution >= 4 is 46.3 Å². The van der Waals surface area contributed by atoms with Gasteiger partial charge in [0, 0.05) is 5.22 Å². The van der Waals surface area contributed by atoms with Crippen molar-refractivity contribution in [3.8, 4) is 11.5 Å². The van der Waals surface area contributed by atoms with Crippen molar-refractivity contribution in [3.63, 3.8) is 0 Å². The maximum Gasteiger partial charge on any atom is 0.357 e. The molecule has 0 radical (unpaired) electrons. The van der Waals surface area contributed by atoms with Gasteiger partial charge in [-0.1, -0.05) is 36.0 Å². The summed E-state index contributed by atoms with van der Waals surface area (Å²) in [7, 11) is 4.31. The van der Waals surface area contributed by atoms with E-state index in [1.807, 2.05) is 0 Å². The van der Waals surface area contributed by atoms with Gasteiger partial charge in [-0.2, -0.15) is 0 Å². The van der Waals surface area contributed by atoms with Crippen LogP contribution >= 0.6 is 11.8 Å². The Labute approximate surface area is 217 Å². The molecule has 9 nitrogen and oxygen atoms in total. The minimum absolute atomic E-state index is 0.0174. The molecule has 0 spiro atoms. The molecule has 1 aliphatic heterocycles. The van der Waals surface area contributed by atoms with Crippen LogP contribution in [0.3, 0.4) is 0 Å². The molecule has 37 heavy (non-hydrogen) atoms. The van der Waals surface area contributed by atoms with E-state index in [4.69, 9.17) is 24.7 Å². The van der Waals surface area contributed by atoms with Crippen molar-refractivity contribution in [2.24, 2.45) is 0 Å². The van der Waals surface area contributed by atoms with Gasteiger partial charge in [0.05, 0.1) is 39.0 Å². The lowest BCUT2D eigenvalue weighted by molar-refractivity contribution is -0.135. The summed E-state index contributed by atoms with van der Waals surface area (Å²) in [6.07, 6.45) is 1.70. The highest BCUT2D eigenvalue weighted by atomic mass is 32.2. The first-order chi connectivity index (χ1) is 17.8. The van der Waals surface area contributed by atoms with Crippen molar-refractivity contribution in [3.05, 3.63) is 75.9 Å². The zero-order valence-electron chi connectivity index (χ0n) is 20.8. The van der Waals surface area contributed by atoms with E-state index >= 15 is 0 Å². The average Bonchev–Trinajstić information content (AvgIpc) is 3.21. The number of nitrogens with zero attached hydrogens (tertiary/aromatic N) is 1. The van der Waals surface area contributed by atoms with E-state index in [0.29, 0.717) is 22.3 Å². The topological polar surface area (TPSA) is 119 Å². The van der Waals surface area contributed by atoms with Crippen molar-refractivity contribution < 1.29 is 33.3 Å². The summed E-state index contributed by atoms with van der Waals surface area (Å²) in [5.41, 5.74) is 7.67. The number of hydrogen-bond acceptors (Lipinski definition) is 9. The number of carbonyl (C=O) groups excluding carboxylic acids is 3. The molecule has 2 aromatic carbocycles. The van der Waals surface area contributed by atoms with Gasteiger partial charge in [-0.15, -0.1) is 0 Å². The third kappa shape index (κ3) is 4.79. The predicted octanol–water partition coefficient (Wildman–Crippen LogP) is 2.50. The van der Waals surface area contributed by atoms with Crippen molar-refractivity contribution in [1.29, 1.82) is 0 Å².